The van der Waals surface area contributed by atoms with Crippen LogP contribution >= 0.6 is 0 Å². The van der Waals surface area contributed by atoms with Gasteiger partial charge in [-0.3, -0.25) is 4.79 Å². The molecule has 136 valence electrons. The monoisotopic (exact) mass is 360 g/mol. The van der Waals surface area contributed by atoms with E-state index < -0.39 is 5.41 Å². The van der Waals surface area contributed by atoms with Crippen molar-refractivity contribution in [2.45, 2.75) is 26.7 Å². The zero-order valence-electron chi connectivity index (χ0n) is 15.3. The summed E-state index contributed by atoms with van der Waals surface area (Å²) >= 11 is 0. The first kappa shape index (κ1) is 16.1. The average Bonchev–Trinajstić information content (AvgIpc) is 3.16. The number of carbonyl (C=O) groups is 1. The number of carbonyl (C=O) groups excluding carboxylic acids is 1. The van der Waals surface area contributed by atoms with Gasteiger partial charge in [-0.2, -0.15) is 10.4 Å². The van der Waals surface area contributed by atoms with Gasteiger partial charge in [-0.15, -0.1) is 0 Å². The molecule has 0 N–H and O–H groups in total. The maximum atomic E-state index is 13.3. The van der Waals surface area contributed by atoms with Gasteiger partial charge in [-0.05, 0) is 37.8 Å². The van der Waals surface area contributed by atoms with Gasteiger partial charge in [-0.1, -0.05) is 6.92 Å². The van der Waals surface area contributed by atoms with Crippen molar-refractivity contribution in [3.05, 3.63) is 42.7 Å². The molecule has 1 aliphatic heterocycles. The summed E-state index contributed by atoms with van der Waals surface area (Å²) in [6, 6.07) is 6.26. The first-order valence-corrected chi connectivity index (χ1v) is 9.26. The molecule has 0 radical (unpaired) electrons. The van der Waals surface area contributed by atoms with Crippen LogP contribution in [0.2, 0.25) is 0 Å². The second kappa shape index (κ2) is 5.43. The average molecular weight is 360 g/mol. The second-order valence-electron chi connectivity index (χ2n) is 7.74. The lowest BCUT2D eigenvalue weighted by atomic mass is 9.75. The minimum atomic E-state index is -0.878. The van der Waals surface area contributed by atoms with Gasteiger partial charge in [-0.25, -0.2) is 9.50 Å². The molecule has 7 heteroatoms. The van der Waals surface area contributed by atoms with E-state index >= 15 is 0 Å². The molecule has 4 heterocycles. The van der Waals surface area contributed by atoms with Gasteiger partial charge >= 0.3 is 0 Å². The first-order chi connectivity index (χ1) is 13.0. The van der Waals surface area contributed by atoms with Crippen LogP contribution in [0.5, 0.6) is 0 Å². The van der Waals surface area contributed by atoms with Crippen LogP contribution in [0.4, 0.5) is 5.69 Å². The van der Waals surface area contributed by atoms with Gasteiger partial charge in [0.05, 0.1) is 41.2 Å². The number of fused-ring (bicyclic) bond motifs is 1. The highest BCUT2D eigenvalue weighted by Gasteiger charge is 2.61. The number of aromatic nitrogens is 4. The lowest BCUT2D eigenvalue weighted by Crippen LogP contribution is -2.37. The van der Waals surface area contributed by atoms with E-state index in [1.54, 1.807) is 21.9 Å². The molecule has 5 rings (SSSR count). The quantitative estimate of drug-likeness (QED) is 0.719. The fourth-order valence-electron chi connectivity index (χ4n) is 4.43. The second-order valence-corrected chi connectivity index (χ2v) is 7.74. The van der Waals surface area contributed by atoms with Crippen molar-refractivity contribution in [1.82, 2.24) is 19.2 Å². The van der Waals surface area contributed by atoms with Crippen LogP contribution in [0.25, 0.3) is 11.2 Å². The van der Waals surface area contributed by atoms with E-state index in [1.807, 2.05) is 42.9 Å². The van der Waals surface area contributed by atoms with Gasteiger partial charge in [0.25, 0.3) is 0 Å². The molecule has 1 saturated heterocycles. The molecule has 1 aliphatic carbocycles. The number of nitrogens with zero attached hydrogens (tertiary/aromatic N) is 6. The standard InChI is InChI=1S/C20H20N6O/c1-13-8-25(19(27)20(13,11-21)15-3-4-15)17-5-6-23-26-10-16(7-18(17)26)24-9-14(2)22-12-24/h5-7,9-10,12-13,15H,3-4,8H2,1-2H3/t13-,20+/m1/s1. The Morgan fingerprint density at radius 1 is 1.33 bits per heavy atom. The van der Waals surface area contributed by atoms with Crippen molar-refractivity contribution in [3.8, 4) is 11.8 Å². The lowest BCUT2D eigenvalue weighted by molar-refractivity contribution is -0.124. The smallest absolute Gasteiger partial charge is 0.248 e. The van der Waals surface area contributed by atoms with E-state index in [0.29, 0.717) is 6.54 Å². The summed E-state index contributed by atoms with van der Waals surface area (Å²) in [6.07, 6.45) is 9.28. The Morgan fingerprint density at radius 2 is 2.15 bits per heavy atom. The van der Waals surface area contributed by atoms with Crippen LogP contribution in [0.3, 0.4) is 0 Å². The van der Waals surface area contributed by atoms with Gasteiger partial charge in [0, 0.05) is 24.9 Å². The van der Waals surface area contributed by atoms with Crippen LogP contribution in [0, 0.1) is 35.5 Å². The third-order valence-electron chi connectivity index (χ3n) is 6.01. The zero-order chi connectivity index (χ0) is 18.8. The summed E-state index contributed by atoms with van der Waals surface area (Å²) in [5, 5.41) is 14.3. The lowest BCUT2D eigenvalue weighted by Gasteiger charge is -2.23. The van der Waals surface area contributed by atoms with Gasteiger partial charge in [0.2, 0.25) is 5.91 Å². The molecule has 1 saturated carbocycles. The molecule has 27 heavy (non-hydrogen) atoms. The highest BCUT2D eigenvalue weighted by molar-refractivity contribution is 6.05. The van der Waals surface area contributed by atoms with E-state index in [4.69, 9.17) is 0 Å². The van der Waals surface area contributed by atoms with Crippen molar-refractivity contribution in [2.24, 2.45) is 17.3 Å². The Hall–Kier alpha value is -3.14. The predicted molar refractivity (Wildman–Crippen MR) is 99.3 cm³/mol. The summed E-state index contributed by atoms with van der Waals surface area (Å²) in [7, 11) is 0. The minimum absolute atomic E-state index is 0.0152. The SMILES string of the molecule is Cc1cn(-c2cc3c(N4C[C@@H](C)[C@@](C#N)(C5CC5)C4=O)ccnn3c2)cn1. The molecule has 3 aromatic heterocycles. The molecule has 0 bridgehead atoms. The highest BCUT2D eigenvalue weighted by Crippen LogP contribution is 2.54. The van der Waals surface area contributed by atoms with Crippen LogP contribution in [0.1, 0.15) is 25.5 Å². The summed E-state index contributed by atoms with van der Waals surface area (Å²) < 4.78 is 3.72. The van der Waals surface area contributed by atoms with Crippen LogP contribution in [-0.2, 0) is 4.79 Å². The van der Waals surface area contributed by atoms with Gasteiger partial charge in [0.1, 0.15) is 5.41 Å². The number of hydrogen-bond donors (Lipinski definition) is 0. The molecule has 0 unspecified atom stereocenters. The molecule has 7 nitrogen and oxygen atoms in total. The predicted octanol–water partition coefficient (Wildman–Crippen LogP) is 2.73. The number of aryl methyl sites for hydroxylation is 1. The van der Waals surface area contributed by atoms with Gasteiger partial charge in [0.15, 0.2) is 0 Å². The topological polar surface area (TPSA) is 79.2 Å². The zero-order valence-corrected chi connectivity index (χ0v) is 15.3. The highest BCUT2D eigenvalue weighted by atomic mass is 16.2. The van der Waals surface area contributed by atoms with Crippen molar-refractivity contribution < 1.29 is 4.79 Å². The van der Waals surface area contributed by atoms with E-state index in [1.165, 1.54) is 0 Å². The van der Waals surface area contributed by atoms with E-state index in [0.717, 1.165) is 35.4 Å². The molecular formula is C20H20N6O. The molecule has 2 aliphatic rings. The summed E-state index contributed by atoms with van der Waals surface area (Å²) in [5.41, 5.74) is 2.65. The maximum Gasteiger partial charge on any atom is 0.248 e. The number of nitriles is 1. The Morgan fingerprint density at radius 3 is 2.81 bits per heavy atom. The Labute approximate surface area is 156 Å². The minimum Gasteiger partial charge on any atom is -0.309 e. The normalized spacial score (nSPS) is 25.3. The third-order valence-corrected chi connectivity index (χ3v) is 6.01. The molecule has 1 amide bonds. The van der Waals surface area contributed by atoms with Crippen LogP contribution in [0.15, 0.2) is 37.1 Å². The number of rotatable bonds is 3. The number of amides is 1. The maximum absolute atomic E-state index is 13.3. The summed E-state index contributed by atoms with van der Waals surface area (Å²) in [4.78, 5) is 19.4. The van der Waals surface area contributed by atoms with Crippen molar-refractivity contribution in [1.29, 1.82) is 5.26 Å². The number of anilines is 1. The van der Waals surface area contributed by atoms with E-state index in [9.17, 15) is 10.1 Å². The Bertz CT molecular complexity index is 1100. The fraction of sp³-hybridized carbons (Fsp3) is 0.400. The van der Waals surface area contributed by atoms with Gasteiger partial charge < -0.3 is 9.47 Å². The summed E-state index contributed by atoms with van der Waals surface area (Å²) in [6.45, 7) is 4.53. The molecule has 2 atom stereocenters. The molecule has 0 aromatic carbocycles. The fourth-order valence-corrected chi connectivity index (χ4v) is 4.43. The Kier molecular flexibility index (Phi) is 3.23. The van der Waals surface area contributed by atoms with Crippen molar-refractivity contribution >= 4 is 17.1 Å². The Balaban J connectivity index is 1.60. The first-order valence-electron chi connectivity index (χ1n) is 9.26. The number of hydrogen-bond acceptors (Lipinski definition) is 4. The van der Waals surface area contributed by atoms with E-state index in [-0.39, 0.29) is 17.7 Å². The van der Waals surface area contributed by atoms with E-state index in [2.05, 4.69) is 16.2 Å². The molecular weight excluding hydrogens is 340 g/mol. The van der Waals surface area contributed by atoms with Crippen molar-refractivity contribution in [3.63, 3.8) is 0 Å². The number of imidazole rings is 1. The largest absolute Gasteiger partial charge is 0.309 e. The molecule has 3 aromatic rings. The van der Waals surface area contributed by atoms with Crippen LogP contribution in [-0.4, -0.2) is 31.6 Å². The van der Waals surface area contributed by atoms with Crippen LogP contribution < -0.4 is 4.90 Å². The molecule has 0 spiro atoms. The third kappa shape index (κ3) is 2.16. The van der Waals surface area contributed by atoms with Crippen molar-refractivity contribution in [2.75, 3.05) is 11.4 Å². The summed E-state index contributed by atoms with van der Waals surface area (Å²) in [5.74, 6) is 0.153. The molecule has 2 fully saturated rings.